The minimum atomic E-state index is -0.0979. The molecule has 110 valence electrons. The first-order valence-corrected chi connectivity index (χ1v) is 7.72. The van der Waals surface area contributed by atoms with Gasteiger partial charge in [0.25, 0.3) is 5.91 Å². The third-order valence-corrected chi connectivity index (χ3v) is 3.76. The predicted molar refractivity (Wildman–Crippen MR) is 92.5 cm³/mol. The molecule has 0 spiro atoms. The quantitative estimate of drug-likeness (QED) is 0.828. The van der Waals surface area contributed by atoms with Gasteiger partial charge in [0, 0.05) is 35.9 Å². The minimum absolute atomic E-state index is 0.0979. The van der Waals surface area contributed by atoms with Gasteiger partial charge in [0.15, 0.2) is 0 Å². The molecule has 2 aromatic carbocycles. The molecular weight excluding hydrogens is 328 g/mol. The van der Waals surface area contributed by atoms with E-state index in [1.54, 1.807) is 0 Å². The number of carbonyl (C=O) groups is 1. The molecule has 4 heteroatoms. The SMILES string of the molecule is CC(Br)c1ccccc1NC(=O)c1cccc(N(C)C)c1. The Kier molecular flexibility index (Phi) is 5.02. The van der Waals surface area contributed by atoms with Crippen LogP contribution in [0, 0.1) is 0 Å². The molecule has 0 aliphatic carbocycles. The summed E-state index contributed by atoms with van der Waals surface area (Å²) in [5.74, 6) is -0.0979. The first-order valence-electron chi connectivity index (χ1n) is 6.81. The Morgan fingerprint density at radius 3 is 2.52 bits per heavy atom. The fraction of sp³-hybridized carbons (Fsp3) is 0.235. The topological polar surface area (TPSA) is 32.3 Å². The molecule has 0 saturated carbocycles. The summed E-state index contributed by atoms with van der Waals surface area (Å²) in [5.41, 5.74) is 3.56. The summed E-state index contributed by atoms with van der Waals surface area (Å²) >= 11 is 3.55. The fourth-order valence-electron chi connectivity index (χ4n) is 2.08. The highest BCUT2D eigenvalue weighted by Gasteiger charge is 2.12. The molecule has 1 unspecified atom stereocenters. The lowest BCUT2D eigenvalue weighted by Crippen LogP contribution is -2.15. The van der Waals surface area contributed by atoms with Crippen LogP contribution in [0.2, 0.25) is 0 Å². The number of alkyl halides is 1. The average Bonchev–Trinajstić information content (AvgIpc) is 2.47. The predicted octanol–water partition coefficient (Wildman–Crippen LogP) is 4.46. The molecule has 0 saturated heterocycles. The van der Waals surface area contributed by atoms with E-state index in [-0.39, 0.29) is 10.7 Å². The number of nitrogens with one attached hydrogen (secondary N) is 1. The second-order valence-corrected chi connectivity index (χ2v) is 6.48. The number of hydrogen-bond acceptors (Lipinski definition) is 2. The zero-order valence-electron chi connectivity index (χ0n) is 12.4. The second-order valence-electron chi connectivity index (χ2n) is 5.10. The van der Waals surface area contributed by atoms with Gasteiger partial charge in [-0.15, -0.1) is 0 Å². The average molecular weight is 347 g/mol. The third kappa shape index (κ3) is 3.85. The maximum Gasteiger partial charge on any atom is 0.255 e. The molecule has 2 rings (SSSR count). The smallest absolute Gasteiger partial charge is 0.255 e. The lowest BCUT2D eigenvalue weighted by Gasteiger charge is -2.15. The molecule has 0 bridgehead atoms. The summed E-state index contributed by atoms with van der Waals surface area (Å²) in [7, 11) is 3.91. The summed E-state index contributed by atoms with van der Waals surface area (Å²) in [6, 6.07) is 15.4. The van der Waals surface area contributed by atoms with Crippen LogP contribution in [0.1, 0.15) is 27.7 Å². The number of hydrogen-bond donors (Lipinski definition) is 1. The van der Waals surface area contributed by atoms with E-state index in [4.69, 9.17) is 0 Å². The molecule has 0 fully saturated rings. The van der Waals surface area contributed by atoms with E-state index in [9.17, 15) is 4.79 Å². The van der Waals surface area contributed by atoms with Crippen LogP contribution < -0.4 is 10.2 Å². The normalized spacial score (nSPS) is 11.8. The molecule has 1 amide bonds. The maximum atomic E-state index is 12.4. The summed E-state index contributed by atoms with van der Waals surface area (Å²) in [4.78, 5) is 14.6. The van der Waals surface area contributed by atoms with Gasteiger partial charge >= 0.3 is 0 Å². The Labute approximate surface area is 134 Å². The van der Waals surface area contributed by atoms with Crippen molar-refractivity contribution in [2.24, 2.45) is 0 Å². The van der Waals surface area contributed by atoms with Crippen LogP contribution in [-0.2, 0) is 0 Å². The van der Waals surface area contributed by atoms with E-state index >= 15 is 0 Å². The second kappa shape index (κ2) is 6.76. The number of rotatable bonds is 4. The van der Waals surface area contributed by atoms with Crippen molar-refractivity contribution in [1.29, 1.82) is 0 Å². The molecule has 0 aliphatic rings. The Hall–Kier alpha value is -1.81. The fourth-order valence-corrected chi connectivity index (χ4v) is 2.48. The van der Waals surface area contributed by atoms with Crippen LogP contribution in [0.3, 0.4) is 0 Å². The van der Waals surface area contributed by atoms with Gasteiger partial charge in [0.2, 0.25) is 0 Å². The van der Waals surface area contributed by atoms with E-state index in [1.165, 1.54) is 0 Å². The summed E-state index contributed by atoms with van der Waals surface area (Å²) < 4.78 is 0. The van der Waals surface area contributed by atoms with Crippen LogP contribution in [0.25, 0.3) is 0 Å². The molecule has 0 aliphatic heterocycles. The number of amides is 1. The maximum absolute atomic E-state index is 12.4. The summed E-state index contributed by atoms with van der Waals surface area (Å²) in [5, 5.41) is 2.99. The van der Waals surface area contributed by atoms with Gasteiger partial charge in [-0.3, -0.25) is 4.79 Å². The highest BCUT2D eigenvalue weighted by Crippen LogP contribution is 2.29. The van der Waals surface area contributed by atoms with Crippen molar-refractivity contribution in [2.45, 2.75) is 11.8 Å². The number of halogens is 1. The van der Waals surface area contributed by atoms with Crippen LogP contribution in [0.15, 0.2) is 48.5 Å². The first kappa shape index (κ1) is 15.6. The molecule has 1 N–H and O–H groups in total. The lowest BCUT2D eigenvalue weighted by atomic mass is 10.1. The van der Waals surface area contributed by atoms with E-state index < -0.39 is 0 Å². The number of carbonyl (C=O) groups excluding carboxylic acids is 1. The highest BCUT2D eigenvalue weighted by atomic mass is 79.9. The van der Waals surface area contributed by atoms with E-state index in [2.05, 4.69) is 21.2 Å². The summed E-state index contributed by atoms with van der Waals surface area (Å²) in [6.45, 7) is 2.04. The van der Waals surface area contributed by atoms with Gasteiger partial charge in [0.1, 0.15) is 0 Å². The van der Waals surface area contributed by atoms with Crippen molar-refractivity contribution in [3.05, 3.63) is 59.7 Å². The largest absolute Gasteiger partial charge is 0.378 e. The van der Waals surface area contributed by atoms with Gasteiger partial charge in [-0.2, -0.15) is 0 Å². The van der Waals surface area contributed by atoms with Gasteiger partial charge in [0.05, 0.1) is 0 Å². The van der Waals surface area contributed by atoms with Gasteiger partial charge in [-0.1, -0.05) is 40.2 Å². The summed E-state index contributed by atoms with van der Waals surface area (Å²) in [6.07, 6.45) is 0. The van der Waals surface area contributed by atoms with Crippen LogP contribution >= 0.6 is 15.9 Å². The van der Waals surface area contributed by atoms with Gasteiger partial charge in [-0.25, -0.2) is 0 Å². The van der Waals surface area contributed by atoms with E-state index in [1.807, 2.05) is 74.4 Å². The Bertz CT molecular complexity index is 638. The lowest BCUT2D eigenvalue weighted by molar-refractivity contribution is 0.102. The zero-order chi connectivity index (χ0) is 15.4. The minimum Gasteiger partial charge on any atom is -0.378 e. The highest BCUT2D eigenvalue weighted by molar-refractivity contribution is 9.09. The molecule has 3 nitrogen and oxygen atoms in total. The Balaban J connectivity index is 2.24. The Morgan fingerprint density at radius 1 is 1.14 bits per heavy atom. The molecule has 21 heavy (non-hydrogen) atoms. The standard InChI is InChI=1S/C17H19BrN2O/c1-12(18)15-9-4-5-10-16(15)19-17(21)13-7-6-8-14(11-13)20(2)3/h4-12H,1-3H3,(H,19,21). The van der Waals surface area contributed by atoms with E-state index in [0.717, 1.165) is 16.9 Å². The Morgan fingerprint density at radius 2 is 1.86 bits per heavy atom. The van der Waals surface area contributed by atoms with Gasteiger partial charge in [-0.05, 0) is 36.8 Å². The molecule has 0 aromatic heterocycles. The molecule has 1 atom stereocenters. The number of nitrogens with zero attached hydrogens (tertiary/aromatic N) is 1. The van der Waals surface area contributed by atoms with Gasteiger partial charge < -0.3 is 10.2 Å². The first-order chi connectivity index (χ1) is 9.99. The van der Waals surface area contributed by atoms with Crippen molar-refractivity contribution in [1.82, 2.24) is 0 Å². The third-order valence-electron chi connectivity index (χ3n) is 3.26. The molecular formula is C17H19BrN2O. The molecule has 0 radical (unpaired) electrons. The van der Waals surface area contributed by atoms with E-state index in [0.29, 0.717) is 5.56 Å². The van der Waals surface area contributed by atoms with Crippen molar-refractivity contribution >= 4 is 33.2 Å². The van der Waals surface area contributed by atoms with Crippen LogP contribution in [-0.4, -0.2) is 20.0 Å². The monoisotopic (exact) mass is 346 g/mol. The number of benzene rings is 2. The molecule has 0 heterocycles. The van der Waals surface area contributed by atoms with Crippen molar-refractivity contribution in [2.75, 3.05) is 24.3 Å². The van der Waals surface area contributed by atoms with Crippen LogP contribution in [0.4, 0.5) is 11.4 Å². The van der Waals surface area contributed by atoms with Crippen LogP contribution in [0.5, 0.6) is 0 Å². The number of anilines is 2. The van der Waals surface area contributed by atoms with Crippen molar-refractivity contribution < 1.29 is 4.79 Å². The van der Waals surface area contributed by atoms with Crippen molar-refractivity contribution in [3.63, 3.8) is 0 Å². The number of para-hydroxylation sites is 1. The zero-order valence-corrected chi connectivity index (χ0v) is 14.0. The van der Waals surface area contributed by atoms with Crippen molar-refractivity contribution in [3.8, 4) is 0 Å². The molecule has 2 aromatic rings.